The van der Waals surface area contributed by atoms with E-state index in [-0.39, 0.29) is 5.56 Å². The topological polar surface area (TPSA) is 67.8 Å². The SMILES string of the molecule is Cc1cn(Cc2ccc(/C=C/c3ccncc3)cc2)c(=O)[nH]c1=O. The van der Waals surface area contributed by atoms with Gasteiger partial charge in [0.1, 0.15) is 0 Å². The third-order valence-electron chi connectivity index (χ3n) is 3.70. The second kappa shape index (κ2) is 6.91. The summed E-state index contributed by atoms with van der Waals surface area (Å²) in [6.07, 6.45) is 9.14. The zero-order chi connectivity index (χ0) is 16.9. The standard InChI is InChI=1S/C19H17N3O2/c1-14-12-22(19(24)21-18(14)23)13-17-6-4-15(5-7-17)2-3-16-8-10-20-11-9-16/h2-12H,13H2,1H3,(H,21,23,24)/b3-2+. The number of pyridine rings is 1. The van der Waals surface area contributed by atoms with Crippen molar-refractivity contribution in [1.29, 1.82) is 0 Å². The molecule has 5 nitrogen and oxygen atoms in total. The Morgan fingerprint density at radius 1 is 1.00 bits per heavy atom. The van der Waals surface area contributed by atoms with E-state index in [1.807, 2.05) is 48.6 Å². The normalized spacial score (nSPS) is 11.0. The second-order valence-electron chi connectivity index (χ2n) is 5.55. The minimum absolute atomic E-state index is 0.340. The van der Waals surface area contributed by atoms with Crippen LogP contribution >= 0.6 is 0 Å². The molecule has 0 saturated carbocycles. The molecule has 1 aromatic carbocycles. The van der Waals surface area contributed by atoms with E-state index in [4.69, 9.17) is 0 Å². The van der Waals surface area contributed by atoms with Crippen molar-refractivity contribution in [3.8, 4) is 0 Å². The molecule has 0 bridgehead atoms. The summed E-state index contributed by atoms with van der Waals surface area (Å²) in [4.78, 5) is 29.5. The molecule has 0 aliphatic carbocycles. The first-order chi connectivity index (χ1) is 11.6. The molecule has 0 spiro atoms. The van der Waals surface area contributed by atoms with Crippen LogP contribution in [0.3, 0.4) is 0 Å². The fourth-order valence-electron chi connectivity index (χ4n) is 2.33. The van der Waals surface area contributed by atoms with Gasteiger partial charge in [0.05, 0.1) is 6.54 Å². The Labute approximate surface area is 139 Å². The highest BCUT2D eigenvalue weighted by atomic mass is 16.2. The number of aromatic nitrogens is 3. The molecule has 120 valence electrons. The molecule has 3 rings (SSSR count). The largest absolute Gasteiger partial charge is 0.328 e. The lowest BCUT2D eigenvalue weighted by atomic mass is 10.1. The van der Waals surface area contributed by atoms with Gasteiger partial charge in [-0.1, -0.05) is 36.4 Å². The molecule has 0 unspecified atom stereocenters. The summed E-state index contributed by atoms with van der Waals surface area (Å²) in [5, 5.41) is 0. The van der Waals surface area contributed by atoms with Gasteiger partial charge in [0, 0.05) is 24.2 Å². The Hall–Kier alpha value is -3.21. The van der Waals surface area contributed by atoms with Gasteiger partial charge in [-0.3, -0.25) is 19.3 Å². The number of hydrogen-bond donors (Lipinski definition) is 1. The molecule has 0 aliphatic heterocycles. The van der Waals surface area contributed by atoms with Crippen LogP contribution in [0.5, 0.6) is 0 Å². The number of hydrogen-bond acceptors (Lipinski definition) is 3. The maximum absolute atomic E-state index is 11.8. The first-order valence-electron chi connectivity index (χ1n) is 7.59. The number of aromatic amines is 1. The fourth-order valence-corrected chi connectivity index (χ4v) is 2.33. The van der Waals surface area contributed by atoms with Crippen LogP contribution in [-0.2, 0) is 6.54 Å². The van der Waals surface area contributed by atoms with Crippen molar-refractivity contribution in [2.75, 3.05) is 0 Å². The van der Waals surface area contributed by atoms with Gasteiger partial charge in [0.25, 0.3) is 5.56 Å². The molecular formula is C19H17N3O2. The summed E-state index contributed by atoms with van der Waals surface area (Å²) in [7, 11) is 0. The number of nitrogens with one attached hydrogen (secondary N) is 1. The van der Waals surface area contributed by atoms with Gasteiger partial charge in [-0.15, -0.1) is 0 Å². The van der Waals surface area contributed by atoms with E-state index in [1.54, 1.807) is 25.5 Å². The van der Waals surface area contributed by atoms with Gasteiger partial charge in [-0.25, -0.2) is 4.79 Å². The first kappa shape index (κ1) is 15.7. The highest BCUT2D eigenvalue weighted by Crippen LogP contribution is 2.10. The predicted molar refractivity (Wildman–Crippen MR) is 94.8 cm³/mol. The van der Waals surface area contributed by atoms with Crippen LogP contribution in [-0.4, -0.2) is 14.5 Å². The molecule has 0 aliphatic rings. The van der Waals surface area contributed by atoms with Gasteiger partial charge < -0.3 is 0 Å². The number of aryl methyl sites for hydroxylation is 1. The second-order valence-corrected chi connectivity index (χ2v) is 5.55. The van der Waals surface area contributed by atoms with Gasteiger partial charge in [0.2, 0.25) is 0 Å². The Kier molecular flexibility index (Phi) is 4.52. The van der Waals surface area contributed by atoms with Crippen molar-refractivity contribution in [3.63, 3.8) is 0 Å². The maximum Gasteiger partial charge on any atom is 0.328 e. The van der Waals surface area contributed by atoms with E-state index in [0.717, 1.165) is 16.7 Å². The van der Waals surface area contributed by atoms with Crippen LogP contribution in [0, 0.1) is 6.92 Å². The number of rotatable bonds is 4. The van der Waals surface area contributed by atoms with E-state index < -0.39 is 5.69 Å². The highest BCUT2D eigenvalue weighted by Gasteiger charge is 2.02. The lowest BCUT2D eigenvalue weighted by Gasteiger charge is -2.06. The fraction of sp³-hybridized carbons (Fsp3) is 0.105. The van der Waals surface area contributed by atoms with Crippen molar-refractivity contribution in [3.05, 3.63) is 98.1 Å². The summed E-state index contributed by atoms with van der Waals surface area (Å²) in [6, 6.07) is 11.8. The minimum atomic E-state index is -0.396. The average Bonchev–Trinajstić information content (AvgIpc) is 2.60. The van der Waals surface area contributed by atoms with Crippen LogP contribution in [0.15, 0.2) is 64.6 Å². The van der Waals surface area contributed by atoms with Crippen LogP contribution in [0.2, 0.25) is 0 Å². The first-order valence-corrected chi connectivity index (χ1v) is 7.59. The zero-order valence-electron chi connectivity index (χ0n) is 13.3. The third kappa shape index (κ3) is 3.76. The molecule has 24 heavy (non-hydrogen) atoms. The molecule has 2 aromatic heterocycles. The summed E-state index contributed by atoms with van der Waals surface area (Å²) >= 11 is 0. The minimum Gasteiger partial charge on any atom is -0.296 e. The van der Waals surface area contributed by atoms with Crippen molar-refractivity contribution >= 4 is 12.2 Å². The summed E-state index contributed by atoms with van der Waals surface area (Å²) in [5.74, 6) is 0. The molecule has 0 saturated heterocycles. The summed E-state index contributed by atoms with van der Waals surface area (Å²) in [5.41, 5.74) is 2.93. The summed E-state index contributed by atoms with van der Waals surface area (Å²) < 4.78 is 1.50. The van der Waals surface area contributed by atoms with Crippen LogP contribution < -0.4 is 11.2 Å². The van der Waals surface area contributed by atoms with Crippen molar-refractivity contribution in [2.24, 2.45) is 0 Å². The molecule has 1 N–H and O–H groups in total. The summed E-state index contributed by atoms with van der Waals surface area (Å²) in [6.45, 7) is 2.10. The van der Waals surface area contributed by atoms with E-state index in [2.05, 4.69) is 9.97 Å². The number of benzene rings is 1. The molecule has 0 amide bonds. The zero-order valence-corrected chi connectivity index (χ0v) is 13.3. The van der Waals surface area contributed by atoms with Crippen LogP contribution in [0.1, 0.15) is 22.3 Å². The predicted octanol–water partition coefficient (Wildman–Crippen LogP) is 2.46. The van der Waals surface area contributed by atoms with Gasteiger partial charge >= 0.3 is 5.69 Å². The van der Waals surface area contributed by atoms with E-state index in [9.17, 15) is 9.59 Å². The van der Waals surface area contributed by atoms with Crippen molar-refractivity contribution < 1.29 is 0 Å². The average molecular weight is 319 g/mol. The smallest absolute Gasteiger partial charge is 0.296 e. The Morgan fingerprint density at radius 2 is 1.62 bits per heavy atom. The Bertz CT molecular complexity index is 968. The lowest BCUT2D eigenvalue weighted by molar-refractivity contribution is 0.713. The Morgan fingerprint density at radius 3 is 2.29 bits per heavy atom. The number of nitrogens with zero attached hydrogens (tertiary/aromatic N) is 2. The highest BCUT2D eigenvalue weighted by molar-refractivity contribution is 5.69. The van der Waals surface area contributed by atoms with E-state index >= 15 is 0 Å². The van der Waals surface area contributed by atoms with Crippen LogP contribution in [0.4, 0.5) is 0 Å². The van der Waals surface area contributed by atoms with Crippen LogP contribution in [0.25, 0.3) is 12.2 Å². The molecule has 2 heterocycles. The van der Waals surface area contributed by atoms with Gasteiger partial charge in [-0.2, -0.15) is 0 Å². The quantitative estimate of drug-likeness (QED) is 0.803. The maximum atomic E-state index is 11.8. The number of H-pyrrole nitrogens is 1. The van der Waals surface area contributed by atoms with E-state index in [0.29, 0.717) is 12.1 Å². The van der Waals surface area contributed by atoms with E-state index in [1.165, 1.54) is 4.57 Å². The molecule has 5 heteroatoms. The lowest BCUT2D eigenvalue weighted by Crippen LogP contribution is -2.31. The third-order valence-corrected chi connectivity index (χ3v) is 3.70. The molecule has 3 aromatic rings. The van der Waals surface area contributed by atoms with Crippen molar-refractivity contribution in [1.82, 2.24) is 14.5 Å². The van der Waals surface area contributed by atoms with Gasteiger partial charge in [0.15, 0.2) is 0 Å². The molecule has 0 radical (unpaired) electrons. The Balaban J connectivity index is 1.76. The van der Waals surface area contributed by atoms with Crippen molar-refractivity contribution in [2.45, 2.75) is 13.5 Å². The molecule has 0 fully saturated rings. The molecular weight excluding hydrogens is 302 g/mol. The molecule has 0 atom stereocenters. The monoisotopic (exact) mass is 319 g/mol. The van der Waals surface area contributed by atoms with Gasteiger partial charge in [-0.05, 0) is 35.7 Å².